The Hall–Kier alpha value is -0.840. The van der Waals surface area contributed by atoms with E-state index in [0.29, 0.717) is 6.54 Å². The molecule has 0 spiro atoms. The van der Waals surface area contributed by atoms with E-state index in [4.69, 9.17) is 5.73 Å². The number of aryl methyl sites for hydroxylation is 1. The van der Waals surface area contributed by atoms with Gasteiger partial charge in [0.05, 0.1) is 4.47 Å². The highest BCUT2D eigenvalue weighted by molar-refractivity contribution is 9.10. The molecule has 2 rings (SSSR count). The number of aromatic nitrogens is 1. The maximum absolute atomic E-state index is 5.75. The van der Waals surface area contributed by atoms with Gasteiger partial charge >= 0.3 is 0 Å². The molecule has 0 fully saturated rings. The average molecular weight is 309 g/mol. The molecule has 0 atom stereocenters. The van der Waals surface area contributed by atoms with E-state index in [0.717, 1.165) is 15.1 Å². The van der Waals surface area contributed by atoms with Crippen LogP contribution in [0.5, 0.6) is 0 Å². The molecule has 1 heterocycles. The van der Waals surface area contributed by atoms with Gasteiger partial charge in [0.1, 0.15) is 5.03 Å². The molecule has 88 valence electrons. The van der Waals surface area contributed by atoms with E-state index in [1.807, 2.05) is 12.1 Å². The van der Waals surface area contributed by atoms with Crippen molar-refractivity contribution < 1.29 is 0 Å². The van der Waals surface area contributed by atoms with Crippen molar-refractivity contribution in [3.05, 3.63) is 52.1 Å². The first-order valence-electron chi connectivity index (χ1n) is 5.28. The fraction of sp³-hybridized carbons (Fsp3) is 0.154. The van der Waals surface area contributed by atoms with E-state index in [9.17, 15) is 0 Å². The second kappa shape index (κ2) is 5.67. The van der Waals surface area contributed by atoms with E-state index in [1.165, 1.54) is 10.5 Å². The highest BCUT2D eigenvalue weighted by Crippen LogP contribution is 2.33. The molecule has 4 heteroatoms. The van der Waals surface area contributed by atoms with Crippen molar-refractivity contribution in [1.82, 2.24) is 4.98 Å². The SMILES string of the molecule is Cc1ccc(CN)c(Sc2ncccc2Br)c1. The lowest BCUT2D eigenvalue weighted by molar-refractivity contribution is 1.02. The van der Waals surface area contributed by atoms with Crippen molar-refractivity contribution in [3.63, 3.8) is 0 Å². The van der Waals surface area contributed by atoms with E-state index in [1.54, 1.807) is 18.0 Å². The standard InChI is InChI=1S/C13H13BrN2S/c1-9-4-5-10(8-15)12(7-9)17-13-11(14)3-2-6-16-13/h2-7H,8,15H2,1H3. The predicted molar refractivity (Wildman–Crippen MR) is 75.1 cm³/mol. The molecule has 0 unspecified atom stereocenters. The van der Waals surface area contributed by atoms with Crippen LogP contribution in [0, 0.1) is 6.92 Å². The fourth-order valence-electron chi connectivity index (χ4n) is 1.48. The molecule has 2 N–H and O–H groups in total. The fourth-order valence-corrected chi connectivity index (χ4v) is 2.99. The van der Waals surface area contributed by atoms with Gasteiger partial charge in [-0.2, -0.15) is 0 Å². The van der Waals surface area contributed by atoms with E-state index >= 15 is 0 Å². The summed E-state index contributed by atoms with van der Waals surface area (Å²) in [5.41, 5.74) is 8.13. The summed E-state index contributed by atoms with van der Waals surface area (Å²) in [6.07, 6.45) is 1.80. The Morgan fingerprint density at radius 3 is 2.88 bits per heavy atom. The summed E-state index contributed by atoms with van der Waals surface area (Å²) >= 11 is 5.15. The van der Waals surface area contributed by atoms with E-state index < -0.39 is 0 Å². The topological polar surface area (TPSA) is 38.9 Å². The first-order valence-corrected chi connectivity index (χ1v) is 6.89. The summed E-state index contributed by atoms with van der Waals surface area (Å²) in [7, 11) is 0. The second-order valence-corrected chi connectivity index (χ2v) is 5.59. The van der Waals surface area contributed by atoms with Gasteiger partial charge in [0.2, 0.25) is 0 Å². The van der Waals surface area contributed by atoms with Crippen molar-refractivity contribution in [3.8, 4) is 0 Å². The molecular formula is C13H13BrN2S. The smallest absolute Gasteiger partial charge is 0.115 e. The lowest BCUT2D eigenvalue weighted by Crippen LogP contribution is -1.98. The zero-order valence-corrected chi connectivity index (χ0v) is 11.9. The average Bonchev–Trinajstić information content (AvgIpc) is 2.32. The van der Waals surface area contributed by atoms with E-state index in [-0.39, 0.29) is 0 Å². The van der Waals surface area contributed by atoms with E-state index in [2.05, 4.69) is 46.0 Å². The lowest BCUT2D eigenvalue weighted by atomic mass is 10.1. The lowest BCUT2D eigenvalue weighted by Gasteiger charge is -2.08. The third-order valence-corrected chi connectivity index (χ3v) is 4.39. The van der Waals surface area contributed by atoms with Gasteiger partial charge in [-0.25, -0.2) is 4.98 Å². The highest BCUT2D eigenvalue weighted by Gasteiger charge is 2.07. The maximum Gasteiger partial charge on any atom is 0.115 e. The molecule has 0 radical (unpaired) electrons. The van der Waals surface area contributed by atoms with Gasteiger partial charge in [0.25, 0.3) is 0 Å². The number of nitrogens with zero attached hydrogens (tertiary/aromatic N) is 1. The molecule has 0 saturated carbocycles. The van der Waals surface area contributed by atoms with Crippen LogP contribution in [0.15, 0.2) is 50.9 Å². The Kier molecular flexibility index (Phi) is 4.20. The minimum atomic E-state index is 0.549. The van der Waals surface area contributed by atoms with Crippen molar-refractivity contribution >= 4 is 27.7 Å². The summed E-state index contributed by atoms with van der Waals surface area (Å²) in [5.74, 6) is 0. The molecule has 2 aromatic rings. The molecular weight excluding hydrogens is 296 g/mol. The first kappa shape index (κ1) is 12.6. The van der Waals surface area contributed by atoms with Gasteiger partial charge in [-0.1, -0.05) is 23.9 Å². The number of nitrogens with two attached hydrogens (primary N) is 1. The van der Waals surface area contributed by atoms with Gasteiger partial charge in [0.15, 0.2) is 0 Å². The van der Waals surface area contributed by atoms with Crippen LogP contribution >= 0.6 is 27.7 Å². The summed E-state index contributed by atoms with van der Waals surface area (Å²) in [6, 6.07) is 10.2. The molecule has 0 bridgehead atoms. The van der Waals surface area contributed by atoms with Gasteiger partial charge in [-0.15, -0.1) is 0 Å². The summed E-state index contributed by atoms with van der Waals surface area (Å²) < 4.78 is 1.01. The molecule has 1 aromatic heterocycles. The Morgan fingerprint density at radius 2 is 2.18 bits per heavy atom. The van der Waals surface area contributed by atoms with Crippen LogP contribution < -0.4 is 5.73 Å². The van der Waals surface area contributed by atoms with Gasteiger partial charge in [-0.05, 0) is 52.2 Å². The molecule has 0 aliphatic heterocycles. The van der Waals surface area contributed by atoms with Crippen molar-refractivity contribution in [1.29, 1.82) is 0 Å². The largest absolute Gasteiger partial charge is 0.326 e. The molecule has 17 heavy (non-hydrogen) atoms. The molecule has 2 nitrogen and oxygen atoms in total. The Bertz CT molecular complexity index is 529. The number of hydrogen-bond donors (Lipinski definition) is 1. The third kappa shape index (κ3) is 3.09. The van der Waals surface area contributed by atoms with Gasteiger partial charge < -0.3 is 5.73 Å². The predicted octanol–water partition coefficient (Wildman–Crippen LogP) is 3.76. The second-order valence-electron chi connectivity index (χ2n) is 3.71. The molecule has 0 aliphatic carbocycles. The summed E-state index contributed by atoms with van der Waals surface area (Å²) in [4.78, 5) is 5.53. The Balaban J connectivity index is 2.35. The highest BCUT2D eigenvalue weighted by atomic mass is 79.9. The van der Waals surface area contributed by atoms with Gasteiger partial charge in [-0.3, -0.25) is 0 Å². The van der Waals surface area contributed by atoms with Gasteiger partial charge in [0, 0.05) is 17.6 Å². The monoisotopic (exact) mass is 308 g/mol. The van der Waals surface area contributed by atoms with Crippen LogP contribution in [0.4, 0.5) is 0 Å². The zero-order valence-electron chi connectivity index (χ0n) is 9.48. The molecule has 0 amide bonds. The van der Waals surface area contributed by atoms with Crippen LogP contribution in [0.3, 0.4) is 0 Å². The molecule has 0 aliphatic rings. The summed E-state index contributed by atoms with van der Waals surface area (Å²) in [6.45, 7) is 2.63. The number of pyridine rings is 1. The van der Waals surface area contributed by atoms with Crippen LogP contribution in [-0.4, -0.2) is 4.98 Å². The van der Waals surface area contributed by atoms with Crippen molar-refractivity contribution in [2.45, 2.75) is 23.4 Å². The van der Waals surface area contributed by atoms with Crippen LogP contribution in [-0.2, 0) is 6.54 Å². The minimum absolute atomic E-state index is 0.549. The maximum atomic E-state index is 5.75. The zero-order chi connectivity index (χ0) is 12.3. The number of rotatable bonds is 3. The molecule has 0 saturated heterocycles. The third-order valence-electron chi connectivity index (χ3n) is 2.37. The first-order chi connectivity index (χ1) is 8.20. The van der Waals surface area contributed by atoms with Crippen molar-refractivity contribution in [2.75, 3.05) is 0 Å². The van der Waals surface area contributed by atoms with Crippen LogP contribution in [0.2, 0.25) is 0 Å². The normalized spacial score (nSPS) is 10.5. The Morgan fingerprint density at radius 1 is 1.35 bits per heavy atom. The number of benzene rings is 1. The van der Waals surface area contributed by atoms with Crippen molar-refractivity contribution in [2.24, 2.45) is 5.73 Å². The quantitative estimate of drug-likeness (QED) is 0.938. The van der Waals surface area contributed by atoms with Crippen LogP contribution in [0.1, 0.15) is 11.1 Å². The Labute approximate surface area is 114 Å². The van der Waals surface area contributed by atoms with Crippen LogP contribution in [0.25, 0.3) is 0 Å². The number of halogens is 1. The minimum Gasteiger partial charge on any atom is -0.326 e. The summed E-state index contributed by atoms with van der Waals surface area (Å²) in [5, 5.41) is 0.966. The number of hydrogen-bond acceptors (Lipinski definition) is 3. The molecule has 1 aromatic carbocycles.